The summed E-state index contributed by atoms with van der Waals surface area (Å²) in [5.41, 5.74) is 7.19. The van der Waals surface area contributed by atoms with Crippen LogP contribution in [0.2, 0.25) is 0 Å². The molecule has 0 spiro atoms. The molecule has 84 valence electrons. The van der Waals surface area contributed by atoms with E-state index in [1.54, 1.807) is 0 Å². The lowest BCUT2D eigenvalue weighted by Gasteiger charge is -2.23. The lowest BCUT2D eigenvalue weighted by atomic mass is 9.84. The van der Waals surface area contributed by atoms with Crippen LogP contribution in [-0.2, 0) is 0 Å². The second-order valence-corrected chi connectivity index (χ2v) is 4.56. The Labute approximate surface area is 98.0 Å². The van der Waals surface area contributed by atoms with Gasteiger partial charge in [0.05, 0.1) is 6.04 Å². The molecule has 0 heterocycles. The van der Waals surface area contributed by atoms with Gasteiger partial charge >= 0.3 is 0 Å². The van der Waals surface area contributed by atoms with Crippen LogP contribution >= 0.6 is 0 Å². The van der Waals surface area contributed by atoms with Crippen LogP contribution in [0.1, 0.15) is 37.7 Å². The molecule has 1 aliphatic carbocycles. The summed E-state index contributed by atoms with van der Waals surface area (Å²) in [4.78, 5) is 0. The Morgan fingerprint density at radius 3 is 2.44 bits per heavy atom. The molecule has 1 aromatic rings. The predicted octanol–water partition coefficient (Wildman–Crippen LogP) is 2.95. The molecule has 0 radical (unpaired) electrons. The van der Waals surface area contributed by atoms with E-state index in [-0.39, 0.29) is 6.04 Å². The maximum Gasteiger partial charge on any atom is 0.0696 e. The van der Waals surface area contributed by atoms with Gasteiger partial charge in [0.1, 0.15) is 0 Å². The molecular formula is C15H19N. The zero-order valence-corrected chi connectivity index (χ0v) is 9.65. The van der Waals surface area contributed by atoms with Crippen LogP contribution < -0.4 is 5.73 Å². The summed E-state index contributed by atoms with van der Waals surface area (Å²) in [6, 6.07) is 10.1. The molecule has 1 aliphatic rings. The summed E-state index contributed by atoms with van der Waals surface area (Å²) in [7, 11) is 0. The van der Waals surface area contributed by atoms with Crippen LogP contribution in [0, 0.1) is 17.8 Å². The van der Waals surface area contributed by atoms with Gasteiger partial charge in [0.25, 0.3) is 0 Å². The van der Waals surface area contributed by atoms with Gasteiger partial charge in [0, 0.05) is 5.56 Å². The molecule has 0 amide bonds. The highest BCUT2D eigenvalue weighted by molar-refractivity contribution is 5.34. The van der Waals surface area contributed by atoms with Crippen molar-refractivity contribution in [1.29, 1.82) is 0 Å². The standard InChI is InChI=1S/C15H19N/c16-15(14-9-5-2-6-10-14)12-11-13-7-3-1-4-8-13/h1,3-4,7-8,14-15H,2,5-6,9-10,16H2. The van der Waals surface area contributed by atoms with Crippen molar-refractivity contribution in [2.75, 3.05) is 0 Å². The van der Waals surface area contributed by atoms with Crippen molar-refractivity contribution < 1.29 is 0 Å². The van der Waals surface area contributed by atoms with Crippen LogP contribution in [0.25, 0.3) is 0 Å². The Hall–Kier alpha value is -1.26. The summed E-state index contributed by atoms with van der Waals surface area (Å²) in [6.45, 7) is 0. The number of benzene rings is 1. The molecular weight excluding hydrogens is 194 g/mol. The molecule has 2 rings (SSSR count). The van der Waals surface area contributed by atoms with Gasteiger partial charge in [-0.15, -0.1) is 0 Å². The van der Waals surface area contributed by atoms with Gasteiger partial charge in [0.2, 0.25) is 0 Å². The van der Waals surface area contributed by atoms with E-state index in [4.69, 9.17) is 5.73 Å². The number of nitrogens with two attached hydrogens (primary N) is 1. The van der Waals surface area contributed by atoms with E-state index in [0.29, 0.717) is 5.92 Å². The molecule has 0 bridgehead atoms. The first-order chi connectivity index (χ1) is 7.86. The second kappa shape index (κ2) is 5.72. The third-order valence-electron chi connectivity index (χ3n) is 3.31. The maximum atomic E-state index is 6.12. The lowest BCUT2D eigenvalue weighted by molar-refractivity contribution is 0.337. The largest absolute Gasteiger partial charge is 0.317 e. The van der Waals surface area contributed by atoms with E-state index in [2.05, 4.69) is 11.8 Å². The Bertz CT molecular complexity index is 365. The first kappa shape index (κ1) is 11.2. The molecule has 1 unspecified atom stereocenters. The number of hydrogen-bond donors (Lipinski definition) is 1. The van der Waals surface area contributed by atoms with Gasteiger partial charge in [-0.05, 0) is 30.9 Å². The molecule has 0 aromatic heterocycles. The SMILES string of the molecule is NC(C#Cc1ccccc1)C1CCCCC1. The van der Waals surface area contributed by atoms with Crippen molar-refractivity contribution in [3.05, 3.63) is 35.9 Å². The molecule has 2 N–H and O–H groups in total. The van der Waals surface area contributed by atoms with Gasteiger partial charge in [-0.2, -0.15) is 0 Å². The fraction of sp³-hybridized carbons (Fsp3) is 0.467. The third-order valence-corrected chi connectivity index (χ3v) is 3.31. The summed E-state index contributed by atoms with van der Waals surface area (Å²) in [5.74, 6) is 6.98. The summed E-state index contributed by atoms with van der Waals surface area (Å²) in [6.07, 6.45) is 6.53. The minimum Gasteiger partial charge on any atom is -0.317 e. The molecule has 0 aliphatic heterocycles. The molecule has 1 heteroatoms. The topological polar surface area (TPSA) is 26.0 Å². The van der Waals surface area contributed by atoms with Gasteiger partial charge in [-0.3, -0.25) is 0 Å². The number of hydrogen-bond acceptors (Lipinski definition) is 1. The molecule has 1 nitrogen and oxygen atoms in total. The third kappa shape index (κ3) is 3.12. The first-order valence-electron chi connectivity index (χ1n) is 6.18. The van der Waals surface area contributed by atoms with Gasteiger partial charge in [-0.1, -0.05) is 49.3 Å². The minimum atomic E-state index is 0.0560. The molecule has 1 atom stereocenters. The smallest absolute Gasteiger partial charge is 0.0696 e. The zero-order valence-electron chi connectivity index (χ0n) is 9.65. The number of rotatable bonds is 1. The van der Waals surface area contributed by atoms with Crippen LogP contribution in [-0.4, -0.2) is 6.04 Å². The quantitative estimate of drug-likeness (QED) is 0.713. The highest BCUT2D eigenvalue weighted by Crippen LogP contribution is 2.25. The zero-order chi connectivity index (χ0) is 11.2. The lowest BCUT2D eigenvalue weighted by Crippen LogP contribution is -2.30. The monoisotopic (exact) mass is 213 g/mol. The van der Waals surface area contributed by atoms with E-state index in [0.717, 1.165) is 5.56 Å². The van der Waals surface area contributed by atoms with Crippen molar-refractivity contribution >= 4 is 0 Å². The van der Waals surface area contributed by atoms with E-state index < -0.39 is 0 Å². The average Bonchev–Trinajstić information content (AvgIpc) is 2.38. The Balaban J connectivity index is 1.96. The van der Waals surface area contributed by atoms with E-state index in [9.17, 15) is 0 Å². The predicted molar refractivity (Wildman–Crippen MR) is 67.9 cm³/mol. The summed E-state index contributed by atoms with van der Waals surface area (Å²) >= 11 is 0. The molecule has 16 heavy (non-hydrogen) atoms. The van der Waals surface area contributed by atoms with Crippen LogP contribution in [0.4, 0.5) is 0 Å². The van der Waals surface area contributed by atoms with Crippen molar-refractivity contribution in [2.45, 2.75) is 38.1 Å². The molecule has 0 saturated heterocycles. The Kier molecular flexibility index (Phi) is 4.02. The summed E-state index contributed by atoms with van der Waals surface area (Å²) in [5, 5.41) is 0. The molecule has 1 fully saturated rings. The first-order valence-corrected chi connectivity index (χ1v) is 6.18. The van der Waals surface area contributed by atoms with Crippen LogP contribution in [0.5, 0.6) is 0 Å². The minimum absolute atomic E-state index is 0.0560. The average molecular weight is 213 g/mol. The van der Waals surface area contributed by atoms with Gasteiger partial charge in [-0.25, -0.2) is 0 Å². The molecule has 1 aromatic carbocycles. The fourth-order valence-electron chi connectivity index (χ4n) is 2.30. The molecule has 1 saturated carbocycles. The fourth-order valence-corrected chi connectivity index (χ4v) is 2.30. The maximum absolute atomic E-state index is 6.12. The van der Waals surface area contributed by atoms with Crippen LogP contribution in [0.15, 0.2) is 30.3 Å². The second-order valence-electron chi connectivity index (χ2n) is 4.56. The van der Waals surface area contributed by atoms with Crippen molar-refractivity contribution in [3.63, 3.8) is 0 Å². The van der Waals surface area contributed by atoms with Crippen molar-refractivity contribution in [2.24, 2.45) is 11.7 Å². The normalized spacial score (nSPS) is 18.6. The Morgan fingerprint density at radius 1 is 1.06 bits per heavy atom. The van der Waals surface area contributed by atoms with Crippen molar-refractivity contribution in [1.82, 2.24) is 0 Å². The highest BCUT2D eigenvalue weighted by atomic mass is 14.6. The van der Waals surface area contributed by atoms with E-state index in [1.165, 1.54) is 32.1 Å². The van der Waals surface area contributed by atoms with Gasteiger partial charge in [0.15, 0.2) is 0 Å². The van der Waals surface area contributed by atoms with E-state index in [1.807, 2.05) is 30.3 Å². The van der Waals surface area contributed by atoms with Crippen LogP contribution in [0.3, 0.4) is 0 Å². The highest BCUT2D eigenvalue weighted by Gasteiger charge is 2.18. The van der Waals surface area contributed by atoms with E-state index >= 15 is 0 Å². The van der Waals surface area contributed by atoms with Gasteiger partial charge < -0.3 is 5.73 Å². The summed E-state index contributed by atoms with van der Waals surface area (Å²) < 4.78 is 0. The Morgan fingerprint density at radius 2 is 1.75 bits per heavy atom. The van der Waals surface area contributed by atoms with Crippen molar-refractivity contribution in [3.8, 4) is 11.8 Å².